The zero-order valence-electron chi connectivity index (χ0n) is 12.9. The number of benzene rings is 1. The number of rotatable bonds is 7. The van der Waals surface area contributed by atoms with Gasteiger partial charge in [0.05, 0.1) is 17.9 Å². The largest absolute Gasteiger partial charge is 0.355 e. The summed E-state index contributed by atoms with van der Waals surface area (Å²) in [5, 5.41) is 6.14. The minimum absolute atomic E-state index is 0.00910. The van der Waals surface area contributed by atoms with Crippen LogP contribution in [0.1, 0.15) is 11.7 Å². The van der Waals surface area contributed by atoms with Gasteiger partial charge in [-0.05, 0) is 12.1 Å². The summed E-state index contributed by atoms with van der Waals surface area (Å²) in [6, 6.07) is 8.74. The van der Waals surface area contributed by atoms with Crippen molar-refractivity contribution in [3.8, 4) is 0 Å². The average Bonchev–Trinajstić information content (AvgIpc) is 2.92. The highest BCUT2D eigenvalue weighted by atomic mass is 32.2. The topological polar surface area (TPSA) is 105 Å². The van der Waals surface area contributed by atoms with E-state index in [1.165, 1.54) is 11.4 Å². The van der Waals surface area contributed by atoms with Gasteiger partial charge in [0.25, 0.3) is 0 Å². The molecular formula is C14H18N4O4S. The van der Waals surface area contributed by atoms with E-state index in [-0.39, 0.29) is 30.5 Å². The molecular weight excluding hydrogens is 320 g/mol. The molecule has 0 aliphatic carbocycles. The molecule has 0 bridgehead atoms. The Kier molecular flexibility index (Phi) is 5.32. The molecule has 2 aromatic rings. The van der Waals surface area contributed by atoms with Crippen molar-refractivity contribution in [1.82, 2.24) is 15.5 Å². The van der Waals surface area contributed by atoms with Gasteiger partial charge in [-0.1, -0.05) is 23.4 Å². The molecule has 0 unspecified atom stereocenters. The van der Waals surface area contributed by atoms with Crippen molar-refractivity contribution >= 4 is 21.6 Å². The van der Waals surface area contributed by atoms with Gasteiger partial charge >= 0.3 is 0 Å². The van der Waals surface area contributed by atoms with Crippen LogP contribution < -0.4 is 9.62 Å². The first kappa shape index (κ1) is 16.9. The molecule has 0 atom stereocenters. The minimum atomic E-state index is -3.51. The quantitative estimate of drug-likeness (QED) is 0.788. The van der Waals surface area contributed by atoms with Gasteiger partial charge in [-0.15, -0.1) is 0 Å². The Balaban J connectivity index is 1.83. The highest BCUT2D eigenvalue weighted by Gasteiger charge is 2.18. The number of carbonyl (C=O) groups excluding carboxylic acids is 1. The van der Waals surface area contributed by atoms with E-state index in [9.17, 15) is 13.2 Å². The van der Waals surface area contributed by atoms with Gasteiger partial charge in [0, 0.05) is 20.5 Å². The predicted molar refractivity (Wildman–Crippen MR) is 84.4 cm³/mol. The van der Waals surface area contributed by atoms with Crippen molar-refractivity contribution in [2.45, 2.75) is 13.3 Å². The molecule has 23 heavy (non-hydrogen) atoms. The van der Waals surface area contributed by atoms with Gasteiger partial charge in [0.2, 0.25) is 21.8 Å². The monoisotopic (exact) mass is 338 g/mol. The van der Waals surface area contributed by atoms with Crippen LogP contribution in [0.15, 0.2) is 34.9 Å². The zero-order chi connectivity index (χ0) is 16.9. The van der Waals surface area contributed by atoms with Crippen molar-refractivity contribution in [3.05, 3.63) is 42.0 Å². The molecule has 9 heteroatoms. The number of nitrogens with one attached hydrogen (secondary N) is 1. The summed E-state index contributed by atoms with van der Waals surface area (Å²) in [7, 11) is -2.03. The third-order valence-corrected chi connectivity index (χ3v) is 4.87. The maximum absolute atomic E-state index is 12.2. The van der Waals surface area contributed by atoms with Crippen molar-refractivity contribution in [1.29, 1.82) is 0 Å². The molecule has 1 aromatic carbocycles. The van der Waals surface area contributed by atoms with Crippen molar-refractivity contribution in [3.63, 3.8) is 0 Å². The maximum Gasteiger partial charge on any atom is 0.236 e. The van der Waals surface area contributed by atoms with Crippen LogP contribution in [0.2, 0.25) is 0 Å². The summed E-state index contributed by atoms with van der Waals surface area (Å²) >= 11 is 0. The normalized spacial score (nSPS) is 11.2. The number of anilines is 1. The molecule has 2 rings (SSSR count). The lowest BCUT2D eigenvalue weighted by Gasteiger charge is -2.19. The first-order valence-electron chi connectivity index (χ1n) is 6.96. The highest BCUT2D eigenvalue weighted by Crippen LogP contribution is 2.14. The fourth-order valence-electron chi connectivity index (χ4n) is 1.87. The Bertz CT molecular complexity index is 758. The molecule has 124 valence electrons. The van der Waals surface area contributed by atoms with Crippen molar-refractivity contribution in [2.24, 2.45) is 0 Å². The van der Waals surface area contributed by atoms with Crippen LogP contribution in [0.25, 0.3) is 0 Å². The lowest BCUT2D eigenvalue weighted by Crippen LogP contribution is -2.36. The van der Waals surface area contributed by atoms with E-state index in [0.717, 1.165) is 0 Å². The average molecular weight is 338 g/mol. The molecule has 0 radical (unpaired) electrons. The first-order chi connectivity index (χ1) is 10.9. The van der Waals surface area contributed by atoms with Crippen LogP contribution in [0.3, 0.4) is 0 Å². The number of nitrogens with zero attached hydrogens (tertiary/aromatic N) is 3. The van der Waals surface area contributed by atoms with Gasteiger partial charge < -0.3 is 9.84 Å². The third kappa shape index (κ3) is 4.78. The molecule has 1 amide bonds. The van der Waals surface area contributed by atoms with Gasteiger partial charge in [-0.2, -0.15) is 4.98 Å². The van der Waals surface area contributed by atoms with Gasteiger partial charge in [0.1, 0.15) is 0 Å². The van der Waals surface area contributed by atoms with E-state index in [2.05, 4.69) is 15.5 Å². The van der Waals surface area contributed by atoms with E-state index in [4.69, 9.17) is 4.52 Å². The smallest absolute Gasteiger partial charge is 0.236 e. The predicted octanol–water partition coefficient (Wildman–Crippen LogP) is 0.503. The Morgan fingerprint density at radius 3 is 2.61 bits per heavy atom. The fourth-order valence-corrected chi connectivity index (χ4v) is 2.95. The van der Waals surface area contributed by atoms with Crippen LogP contribution in [0.4, 0.5) is 5.69 Å². The van der Waals surface area contributed by atoms with E-state index >= 15 is 0 Å². The second-order valence-corrected chi connectivity index (χ2v) is 7.00. The number of para-hydroxylation sites is 1. The Morgan fingerprint density at radius 2 is 2.00 bits per heavy atom. The number of aromatic nitrogens is 2. The lowest BCUT2D eigenvalue weighted by atomic mass is 10.3. The molecule has 0 saturated heterocycles. The molecule has 0 spiro atoms. The number of carbonyl (C=O) groups is 1. The molecule has 0 aliphatic rings. The van der Waals surface area contributed by atoms with Gasteiger partial charge in [-0.3, -0.25) is 9.10 Å². The van der Waals surface area contributed by atoms with E-state index in [1.54, 1.807) is 31.2 Å². The van der Waals surface area contributed by atoms with Crippen molar-refractivity contribution in [2.75, 3.05) is 23.7 Å². The second-order valence-electron chi connectivity index (χ2n) is 4.88. The van der Waals surface area contributed by atoms with Crippen LogP contribution in [-0.2, 0) is 21.2 Å². The number of aryl methyl sites for hydroxylation is 1. The number of sulfonamides is 1. The first-order valence-corrected chi connectivity index (χ1v) is 8.57. The highest BCUT2D eigenvalue weighted by molar-refractivity contribution is 7.92. The molecule has 0 aliphatic heterocycles. The molecule has 1 N–H and O–H groups in total. The molecule has 1 heterocycles. The molecule has 8 nitrogen and oxygen atoms in total. The van der Waals surface area contributed by atoms with Crippen LogP contribution >= 0.6 is 0 Å². The standard InChI is InChI=1S/C14H18N4O4S/c1-11-16-13(17-22-11)10-14(19)15-8-9-23(20,21)18(2)12-6-4-3-5-7-12/h3-7H,8-10H2,1-2H3,(H,15,19). The SMILES string of the molecule is Cc1nc(CC(=O)NCCS(=O)(=O)N(C)c2ccccc2)no1. The van der Waals surface area contributed by atoms with Crippen molar-refractivity contribution < 1.29 is 17.7 Å². The Labute approximate surface area is 134 Å². The summed E-state index contributed by atoms with van der Waals surface area (Å²) in [4.78, 5) is 15.6. The van der Waals surface area contributed by atoms with Gasteiger partial charge in [0.15, 0.2) is 5.82 Å². The molecule has 1 aromatic heterocycles. The third-order valence-electron chi connectivity index (χ3n) is 3.11. The Hall–Kier alpha value is -2.42. The van der Waals surface area contributed by atoms with Crippen LogP contribution in [-0.4, -0.2) is 43.8 Å². The number of hydrogen-bond acceptors (Lipinski definition) is 6. The van der Waals surface area contributed by atoms with E-state index < -0.39 is 10.0 Å². The zero-order valence-corrected chi connectivity index (χ0v) is 13.7. The number of hydrogen-bond donors (Lipinski definition) is 1. The summed E-state index contributed by atoms with van der Waals surface area (Å²) in [6.45, 7) is 1.63. The lowest BCUT2D eigenvalue weighted by molar-refractivity contribution is -0.120. The second kappa shape index (κ2) is 7.23. The van der Waals surface area contributed by atoms with Gasteiger partial charge in [-0.25, -0.2) is 8.42 Å². The fraction of sp³-hybridized carbons (Fsp3) is 0.357. The van der Waals surface area contributed by atoms with Crippen LogP contribution in [0.5, 0.6) is 0 Å². The summed E-state index contributed by atoms with van der Waals surface area (Å²) in [5.41, 5.74) is 0.570. The minimum Gasteiger partial charge on any atom is -0.355 e. The molecule has 0 saturated carbocycles. The summed E-state index contributed by atoms with van der Waals surface area (Å²) in [5.74, 6) is 0.0857. The number of amides is 1. The molecule has 0 fully saturated rings. The van der Waals surface area contributed by atoms with E-state index in [1.807, 2.05) is 6.07 Å². The Morgan fingerprint density at radius 1 is 1.30 bits per heavy atom. The summed E-state index contributed by atoms with van der Waals surface area (Å²) < 4.78 is 30.4. The van der Waals surface area contributed by atoms with Crippen LogP contribution in [0, 0.1) is 6.92 Å². The van der Waals surface area contributed by atoms with E-state index in [0.29, 0.717) is 11.6 Å². The summed E-state index contributed by atoms with van der Waals surface area (Å²) in [6.07, 6.45) is -0.0497. The maximum atomic E-state index is 12.2.